The van der Waals surface area contributed by atoms with Gasteiger partial charge in [-0.05, 0) is 18.2 Å². The monoisotopic (exact) mass is 376 g/mol. The molecule has 0 aromatic heterocycles. The first-order chi connectivity index (χ1) is 13.0. The fourth-order valence-corrected chi connectivity index (χ4v) is 4.01. The number of nitrogens with zero attached hydrogens (tertiary/aromatic N) is 3. The molecule has 3 amide bonds. The van der Waals surface area contributed by atoms with Gasteiger partial charge in [0.25, 0.3) is 0 Å². The number of carbonyl (C=O) groups excluding carboxylic acids is 3. The molecule has 1 N–H and O–H groups in total. The highest BCUT2D eigenvalue weighted by Crippen LogP contribution is 2.36. The fraction of sp³-hybridized carbons (Fsp3) is 0.500. The first-order valence-electron chi connectivity index (χ1n) is 8.94. The molecule has 27 heavy (non-hydrogen) atoms. The number of nitrogens with one attached hydrogen (secondary N) is 1. The van der Waals surface area contributed by atoms with Gasteiger partial charge in [0.2, 0.25) is 12.3 Å². The second-order valence-corrected chi connectivity index (χ2v) is 7.22. The Balaban J connectivity index is 1.44. The maximum absolute atomic E-state index is 14.7. The Labute approximate surface area is 155 Å². The first kappa shape index (κ1) is 17.6. The Hall–Kier alpha value is -2.84. The van der Waals surface area contributed by atoms with Crippen LogP contribution in [0.4, 0.5) is 20.6 Å². The Bertz CT molecular complexity index is 789. The summed E-state index contributed by atoms with van der Waals surface area (Å²) >= 11 is 0. The van der Waals surface area contributed by atoms with Crippen LogP contribution in [0.25, 0.3) is 0 Å². The predicted molar refractivity (Wildman–Crippen MR) is 95.0 cm³/mol. The molecule has 1 aromatic rings. The van der Waals surface area contributed by atoms with Gasteiger partial charge in [-0.25, -0.2) is 9.18 Å². The molecule has 144 valence electrons. The lowest BCUT2D eigenvalue weighted by atomic mass is 9.93. The van der Waals surface area contributed by atoms with Crippen molar-refractivity contribution in [2.45, 2.75) is 19.1 Å². The summed E-state index contributed by atoms with van der Waals surface area (Å²) < 4.78 is 19.9. The number of hydrogen-bond acceptors (Lipinski definition) is 5. The standard InChI is InChI=1S/C18H21FN4O4/c1-11(25)20-5-14-8-23(18(26)27-14)13-2-3-16(15(19)4-13)21-6-12-7-22(10-24)17(12)9-21/h2-4,10,12,14,17H,5-9H2,1H3,(H,20,25). The average Bonchev–Trinajstić information content (AvgIpc) is 3.14. The number of amides is 3. The van der Waals surface area contributed by atoms with Crippen LogP contribution in [0.1, 0.15) is 6.92 Å². The summed E-state index contributed by atoms with van der Waals surface area (Å²) in [6.45, 7) is 3.92. The number of hydrogen-bond donors (Lipinski definition) is 1. The molecule has 3 saturated heterocycles. The molecule has 0 bridgehead atoms. The Morgan fingerprint density at radius 2 is 2.15 bits per heavy atom. The van der Waals surface area contributed by atoms with E-state index in [4.69, 9.17) is 4.74 Å². The molecule has 4 rings (SSSR count). The lowest BCUT2D eigenvalue weighted by Crippen LogP contribution is -2.54. The van der Waals surface area contributed by atoms with Crippen molar-refractivity contribution in [2.24, 2.45) is 5.92 Å². The average molecular weight is 376 g/mol. The van der Waals surface area contributed by atoms with Gasteiger partial charge < -0.3 is 19.9 Å². The van der Waals surface area contributed by atoms with Gasteiger partial charge >= 0.3 is 6.09 Å². The molecule has 0 spiro atoms. The fourth-order valence-electron chi connectivity index (χ4n) is 4.01. The maximum atomic E-state index is 14.7. The van der Waals surface area contributed by atoms with Crippen LogP contribution in [0.3, 0.4) is 0 Å². The van der Waals surface area contributed by atoms with Crippen molar-refractivity contribution in [1.82, 2.24) is 10.2 Å². The molecule has 3 fully saturated rings. The van der Waals surface area contributed by atoms with E-state index >= 15 is 0 Å². The minimum atomic E-state index is -0.557. The quantitative estimate of drug-likeness (QED) is 0.760. The molecular formula is C18H21FN4O4. The zero-order chi connectivity index (χ0) is 19.1. The van der Waals surface area contributed by atoms with Gasteiger partial charge in [-0.3, -0.25) is 14.5 Å². The summed E-state index contributed by atoms with van der Waals surface area (Å²) in [6.07, 6.45) is -0.175. The number of halogens is 1. The summed E-state index contributed by atoms with van der Waals surface area (Å²) in [5, 5.41) is 2.61. The van der Waals surface area contributed by atoms with Crippen molar-refractivity contribution in [1.29, 1.82) is 0 Å². The molecule has 1 aromatic carbocycles. The van der Waals surface area contributed by atoms with E-state index in [-0.39, 0.29) is 25.0 Å². The van der Waals surface area contributed by atoms with Crippen molar-refractivity contribution < 1.29 is 23.5 Å². The highest BCUT2D eigenvalue weighted by molar-refractivity contribution is 5.90. The highest BCUT2D eigenvalue weighted by atomic mass is 19.1. The third-order valence-corrected chi connectivity index (χ3v) is 5.45. The van der Waals surface area contributed by atoms with E-state index in [0.717, 1.165) is 19.5 Å². The van der Waals surface area contributed by atoms with Crippen LogP contribution >= 0.6 is 0 Å². The lowest BCUT2D eigenvalue weighted by molar-refractivity contribution is -0.127. The number of likely N-dealkylation sites (tertiary alicyclic amines) is 1. The number of rotatable bonds is 5. The zero-order valence-electron chi connectivity index (χ0n) is 14.9. The highest BCUT2D eigenvalue weighted by Gasteiger charge is 2.45. The summed E-state index contributed by atoms with van der Waals surface area (Å²) in [6, 6.07) is 4.84. The van der Waals surface area contributed by atoms with Gasteiger partial charge in [0.1, 0.15) is 11.9 Å². The minimum absolute atomic E-state index is 0.157. The molecule has 3 atom stereocenters. The molecule has 0 radical (unpaired) electrons. The first-order valence-corrected chi connectivity index (χ1v) is 8.94. The summed E-state index contributed by atoms with van der Waals surface area (Å²) in [4.78, 5) is 39.0. The van der Waals surface area contributed by atoms with E-state index < -0.39 is 18.0 Å². The van der Waals surface area contributed by atoms with Crippen LogP contribution in [0.15, 0.2) is 18.2 Å². The van der Waals surface area contributed by atoms with Crippen LogP contribution in [0.2, 0.25) is 0 Å². The van der Waals surface area contributed by atoms with E-state index in [0.29, 0.717) is 23.8 Å². The maximum Gasteiger partial charge on any atom is 0.414 e. The number of carbonyl (C=O) groups is 3. The molecule has 3 aliphatic heterocycles. The lowest BCUT2D eigenvalue weighted by Gasteiger charge is -2.40. The van der Waals surface area contributed by atoms with Gasteiger partial charge in [0.15, 0.2) is 0 Å². The van der Waals surface area contributed by atoms with Crippen LogP contribution in [-0.4, -0.2) is 68.2 Å². The Kier molecular flexibility index (Phi) is 4.37. The van der Waals surface area contributed by atoms with Gasteiger partial charge in [-0.2, -0.15) is 0 Å². The number of fused-ring (bicyclic) bond motifs is 1. The van der Waals surface area contributed by atoms with Crippen molar-refractivity contribution in [3.63, 3.8) is 0 Å². The third kappa shape index (κ3) is 3.17. The molecule has 0 saturated carbocycles. The Morgan fingerprint density at radius 1 is 1.33 bits per heavy atom. The largest absolute Gasteiger partial charge is 0.442 e. The normalized spacial score (nSPS) is 26.5. The smallest absolute Gasteiger partial charge is 0.414 e. The summed E-state index contributed by atoms with van der Waals surface area (Å²) in [7, 11) is 0. The molecule has 3 unspecified atom stereocenters. The van der Waals surface area contributed by atoms with E-state index in [1.165, 1.54) is 17.9 Å². The SMILES string of the molecule is CC(=O)NCC1CN(c2ccc(N3CC4CN(C=O)C4C3)c(F)c2)C(=O)O1. The van der Waals surface area contributed by atoms with Crippen LogP contribution in [-0.2, 0) is 14.3 Å². The van der Waals surface area contributed by atoms with E-state index in [9.17, 15) is 18.8 Å². The van der Waals surface area contributed by atoms with Crippen molar-refractivity contribution >= 4 is 29.8 Å². The molecular weight excluding hydrogens is 355 g/mol. The second-order valence-electron chi connectivity index (χ2n) is 7.22. The van der Waals surface area contributed by atoms with Gasteiger partial charge in [0.05, 0.1) is 30.5 Å². The van der Waals surface area contributed by atoms with Crippen LogP contribution in [0.5, 0.6) is 0 Å². The van der Waals surface area contributed by atoms with Gasteiger partial charge in [-0.1, -0.05) is 0 Å². The molecule has 0 aliphatic carbocycles. The van der Waals surface area contributed by atoms with Crippen LogP contribution < -0.4 is 15.1 Å². The summed E-state index contributed by atoms with van der Waals surface area (Å²) in [5.74, 6) is -0.227. The van der Waals surface area contributed by atoms with Crippen molar-refractivity contribution in [3.05, 3.63) is 24.0 Å². The van der Waals surface area contributed by atoms with E-state index in [1.54, 1.807) is 17.0 Å². The number of anilines is 2. The Morgan fingerprint density at radius 3 is 2.85 bits per heavy atom. The number of cyclic esters (lactones) is 1. The molecule has 3 aliphatic rings. The van der Waals surface area contributed by atoms with Gasteiger partial charge in [0, 0.05) is 32.5 Å². The van der Waals surface area contributed by atoms with E-state index in [2.05, 4.69) is 5.32 Å². The summed E-state index contributed by atoms with van der Waals surface area (Å²) in [5.41, 5.74) is 0.893. The van der Waals surface area contributed by atoms with Crippen molar-refractivity contribution in [2.75, 3.05) is 42.5 Å². The molecule has 3 heterocycles. The number of ether oxygens (including phenoxy) is 1. The van der Waals surface area contributed by atoms with Crippen molar-refractivity contribution in [3.8, 4) is 0 Å². The van der Waals surface area contributed by atoms with E-state index in [1.807, 2.05) is 4.90 Å². The third-order valence-electron chi connectivity index (χ3n) is 5.45. The van der Waals surface area contributed by atoms with Gasteiger partial charge in [-0.15, -0.1) is 0 Å². The predicted octanol–water partition coefficient (Wildman–Crippen LogP) is 0.564. The van der Waals surface area contributed by atoms with Crippen LogP contribution in [0, 0.1) is 11.7 Å². The zero-order valence-corrected chi connectivity index (χ0v) is 14.9. The molecule has 9 heteroatoms. The topological polar surface area (TPSA) is 82.2 Å². The molecule has 8 nitrogen and oxygen atoms in total. The number of benzene rings is 1. The minimum Gasteiger partial charge on any atom is -0.442 e. The second kappa shape index (κ2) is 6.71.